The number of hydrogen-bond donors (Lipinski definition) is 11. The topological polar surface area (TPSA) is 323 Å². The Labute approximate surface area is 395 Å². The second kappa shape index (κ2) is 23.1. The molecule has 1 rings (SSSR count). The molecule has 0 radical (unpaired) electrons. The van der Waals surface area contributed by atoms with Crippen LogP contribution in [0.15, 0.2) is 0 Å². The molecule has 1 aliphatic heterocycles. The predicted octanol–water partition coefficient (Wildman–Crippen LogP) is -1.49. The Morgan fingerprint density at radius 2 is 0.925 bits per heavy atom. The van der Waals surface area contributed by atoms with Crippen LogP contribution in [-0.2, 0) is 47.9 Å². The standard InChI is InChI=1S/C45H80N10O12/c1-18-25(4)30(48-35(63)40(6,7)51-32(60)29(24(2)3)47-36(64)42(10,11)53-37(65)43(12,13)49-26(5)58)33(61)52-44(14,15)38(66)54-41(8,9)34(62)46-28(23-57)31(59)50-45(16,17)39(67)55-21-19-20-27(55)22-56/h24-25,27-30,56-57H,18-23H2,1-17H3,(H,46,62)(H,47,64)(H,48,63)(H,49,58)(H,50,59)(H,51,60)(H,52,61)(H,53,65)(H,54,66). The van der Waals surface area contributed by atoms with Crippen molar-refractivity contribution >= 4 is 59.1 Å². The van der Waals surface area contributed by atoms with Crippen LogP contribution in [0.3, 0.4) is 0 Å². The van der Waals surface area contributed by atoms with Crippen LogP contribution in [0.2, 0.25) is 0 Å². The Morgan fingerprint density at radius 3 is 1.34 bits per heavy atom. The lowest BCUT2D eigenvalue weighted by molar-refractivity contribution is -0.143. The molecular weight excluding hydrogens is 873 g/mol. The average molecular weight is 953 g/mol. The first-order valence-corrected chi connectivity index (χ1v) is 22.7. The van der Waals surface area contributed by atoms with Crippen molar-refractivity contribution in [3.05, 3.63) is 0 Å². The number of rotatable bonds is 23. The maximum Gasteiger partial charge on any atom is 0.248 e. The van der Waals surface area contributed by atoms with Gasteiger partial charge in [-0.15, -0.1) is 0 Å². The van der Waals surface area contributed by atoms with Gasteiger partial charge in [-0.1, -0.05) is 34.1 Å². The second-order valence-electron chi connectivity index (χ2n) is 21.0. The lowest BCUT2D eigenvalue weighted by atomic mass is 9.93. The molecule has 0 aromatic carbocycles. The Hall–Kier alpha value is -5.38. The summed E-state index contributed by atoms with van der Waals surface area (Å²) in [4.78, 5) is 135. The molecule has 22 nitrogen and oxygen atoms in total. The summed E-state index contributed by atoms with van der Waals surface area (Å²) in [6, 6.07) is -4.34. The van der Waals surface area contributed by atoms with E-state index >= 15 is 0 Å². The first-order chi connectivity index (χ1) is 30.3. The van der Waals surface area contributed by atoms with Gasteiger partial charge in [-0.3, -0.25) is 47.9 Å². The van der Waals surface area contributed by atoms with Crippen molar-refractivity contribution in [2.24, 2.45) is 11.8 Å². The average Bonchev–Trinajstić information content (AvgIpc) is 3.67. The number of aliphatic hydroxyl groups excluding tert-OH is 2. The number of amides is 10. The fourth-order valence-electron chi connectivity index (χ4n) is 6.89. The van der Waals surface area contributed by atoms with E-state index in [0.717, 1.165) is 0 Å². The van der Waals surface area contributed by atoms with Gasteiger partial charge in [0.25, 0.3) is 0 Å². The smallest absolute Gasteiger partial charge is 0.248 e. The van der Waals surface area contributed by atoms with E-state index < -0.39 is 135 Å². The number of aliphatic hydroxyl groups is 2. The highest BCUT2D eigenvalue weighted by Crippen LogP contribution is 2.22. The van der Waals surface area contributed by atoms with Crippen LogP contribution in [0, 0.1) is 11.8 Å². The molecule has 10 amide bonds. The fourth-order valence-corrected chi connectivity index (χ4v) is 6.89. The van der Waals surface area contributed by atoms with Gasteiger partial charge >= 0.3 is 0 Å². The van der Waals surface area contributed by atoms with Gasteiger partial charge in [0.1, 0.15) is 51.4 Å². The van der Waals surface area contributed by atoms with E-state index in [1.54, 1.807) is 27.7 Å². The molecule has 382 valence electrons. The molecule has 11 N–H and O–H groups in total. The number of carbonyl (C=O) groups is 10. The van der Waals surface area contributed by atoms with Gasteiger partial charge in [0, 0.05) is 13.5 Å². The molecule has 0 aromatic rings. The monoisotopic (exact) mass is 953 g/mol. The third kappa shape index (κ3) is 16.4. The quantitative estimate of drug-likeness (QED) is 0.0558. The van der Waals surface area contributed by atoms with Crippen LogP contribution in [0.4, 0.5) is 0 Å². The predicted molar refractivity (Wildman–Crippen MR) is 248 cm³/mol. The third-order valence-corrected chi connectivity index (χ3v) is 11.7. The van der Waals surface area contributed by atoms with Crippen LogP contribution in [-0.4, -0.2) is 151 Å². The molecule has 0 bridgehead atoms. The minimum atomic E-state index is -1.73. The van der Waals surface area contributed by atoms with Crippen LogP contribution >= 0.6 is 0 Å². The number of nitrogens with one attached hydrogen (secondary N) is 9. The number of likely N-dealkylation sites (tertiary alicyclic amines) is 1. The van der Waals surface area contributed by atoms with Gasteiger partial charge < -0.3 is 63.0 Å². The molecular formula is C45H80N10O12. The van der Waals surface area contributed by atoms with Crippen LogP contribution in [0.25, 0.3) is 0 Å². The van der Waals surface area contributed by atoms with E-state index in [9.17, 15) is 58.2 Å². The molecule has 0 aromatic heterocycles. The first kappa shape index (κ1) is 59.6. The van der Waals surface area contributed by atoms with Crippen molar-refractivity contribution in [3.63, 3.8) is 0 Å². The molecule has 22 heteroatoms. The summed E-state index contributed by atoms with van der Waals surface area (Å²) in [6.45, 7) is 24.3. The fraction of sp³-hybridized carbons (Fsp3) is 0.778. The van der Waals surface area contributed by atoms with E-state index in [-0.39, 0.29) is 6.61 Å². The van der Waals surface area contributed by atoms with Gasteiger partial charge in [-0.05, 0) is 108 Å². The van der Waals surface area contributed by atoms with Gasteiger partial charge in [-0.25, -0.2) is 0 Å². The Kier molecular flexibility index (Phi) is 20.5. The van der Waals surface area contributed by atoms with Gasteiger partial charge in [-0.2, -0.15) is 0 Å². The zero-order chi connectivity index (χ0) is 52.4. The highest BCUT2D eigenvalue weighted by Gasteiger charge is 2.44. The highest BCUT2D eigenvalue weighted by atomic mass is 16.3. The number of hydrogen-bond acceptors (Lipinski definition) is 12. The summed E-state index contributed by atoms with van der Waals surface area (Å²) in [6.07, 6.45) is 1.69. The minimum absolute atomic E-state index is 0.236. The molecule has 1 saturated heterocycles. The lowest BCUT2D eigenvalue weighted by Gasteiger charge is -2.36. The molecule has 1 heterocycles. The SMILES string of the molecule is CCC(C)C(NC(=O)C(C)(C)NC(=O)C(NC(=O)C(C)(C)NC(=O)C(C)(C)NC(C)=O)C(C)C)C(=O)NC(C)(C)C(=O)NC(C)(C)C(=O)NC(CO)C(=O)NC(C)(C)C(=O)N1CCCC1CO. The summed E-state index contributed by atoms with van der Waals surface area (Å²) in [7, 11) is 0. The van der Waals surface area contributed by atoms with Crippen LogP contribution < -0.4 is 47.9 Å². The normalized spacial score (nSPS) is 16.6. The molecule has 5 atom stereocenters. The summed E-state index contributed by atoms with van der Waals surface area (Å²) < 4.78 is 0. The van der Waals surface area contributed by atoms with Crippen molar-refractivity contribution in [2.75, 3.05) is 19.8 Å². The Bertz CT molecular complexity index is 1880. The van der Waals surface area contributed by atoms with Crippen molar-refractivity contribution in [1.29, 1.82) is 0 Å². The molecule has 1 fully saturated rings. The third-order valence-electron chi connectivity index (χ3n) is 11.7. The van der Waals surface area contributed by atoms with Gasteiger partial charge in [0.15, 0.2) is 0 Å². The molecule has 0 saturated carbocycles. The maximum atomic E-state index is 13.9. The minimum Gasteiger partial charge on any atom is -0.394 e. The lowest BCUT2D eigenvalue weighted by Crippen LogP contribution is -2.67. The van der Waals surface area contributed by atoms with E-state index in [0.29, 0.717) is 25.8 Å². The molecule has 0 aliphatic carbocycles. The second-order valence-corrected chi connectivity index (χ2v) is 21.0. The first-order valence-electron chi connectivity index (χ1n) is 22.7. The van der Waals surface area contributed by atoms with E-state index in [4.69, 9.17) is 0 Å². The summed E-state index contributed by atoms with van der Waals surface area (Å²) in [5.41, 5.74) is -9.45. The molecule has 1 aliphatic rings. The van der Waals surface area contributed by atoms with E-state index in [1.807, 2.05) is 0 Å². The zero-order valence-electron chi connectivity index (χ0n) is 42.6. The van der Waals surface area contributed by atoms with Gasteiger partial charge in [0.2, 0.25) is 59.1 Å². The van der Waals surface area contributed by atoms with Crippen molar-refractivity contribution < 1.29 is 58.2 Å². The number of carbonyl (C=O) groups excluding carboxylic acids is 10. The number of nitrogens with zero attached hydrogens (tertiary/aromatic N) is 1. The molecule has 5 unspecified atom stereocenters. The Morgan fingerprint density at radius 1 is 0.537 bits per heavy atom. The summed E-state index contributed by atoms with van der Waals surface area (Å²) >= 11 is 0. The van der Waals surface area contributed by atoms with Crippen molar-refractivity contribution in [1.82, 2.24) is 52.8 Å². The highest BCUT2D eigenvalue weighted by molar-refractivity contribution is 6.01. The van der Waals surface area contributed by atoms with Crippen LogP contribution in [0.5, 0.6) is 0 Å². The summed E-state index contributed by atoms with van der Waals surface area (Å²) in [5.74, 6) is -8.13. The van der Waals surface area contributed by atoms with Gasteiger partial charge in [0.05, 0.1) is 19.3 Å². The summed E-state index contributed by atoms with van der Waals surface area (Å²) in [5, 5.41) is 42.9. The molecule has 0 spiro atoms. The molecule has 67 heavy (non-hydrogen) atoms. The van der Waals surface area contributed by atoms with Crippen LogP contribution in [0.1, 0.15) is 137 Å². The zero-order valence-corrected chi connectivity index (χ0v) is 42.6. The van der Waals surface area contributed by atoms with E-state index in [2.05, 4.69) is 47.9 Å². The largest absolute Gasteiger partial charge is 0.394 e. The van der Waals surface area contributed by atoms with Crippen molar-refractivity contribution in [3.8, 4) is 0 Å². The maximum absolute atomic E-state index is 13.9. The van der Waals surface area contributed by atoms with Crippen molar-refractivity contribution in [2.45, 2.75) is 194 Å². The Balaban J connectivity index is 3.10. The van der Waals surface area contributed by atoms with E-state index in [1.165, 1.54) is 94.9 Å².